The van der Waals surface area contributed by atoms with Crippen LogP contribution in [0.4, 0.5) is 5.69 Å². The summed E-state index contributed by atoms with van der Waals surface area (Å²) in [6.45, 7) is 0. The normalized spacial score (nSPS) is 12.9. The zero-order valence-corrected chi connectivity index (χ0v) is 16.3. The number of ether oxygens (including phenoxy) is 4. The van der Waals surface area contributed by atoms with Crippen LogP contribution in [-0.2, 0) is 28.5 Å². The lowest BCUT2D eigenvalue weighted by molar-refractivity contribution is -0.139. The predicted octanol–water partition coefficient (Wildman–Crippen LogP) is 1.75. The first-order valence-electron chi connectivity index (χ1n) is 8.25. The Morgan fingerprint density at radius 3 is 1.97 bits per heavy atom. The average molecular weight is 401 g/mol. The molecule has 29 heavy (non-hydrogen) atoms. The minimum Gasteiger partial charge on any atom is -0.465 e. The molecule has 0 atom stereocenters. The van der Waals surface area contributed by atoms with Gasteiger partial charge in [0, 0.05) is 6.20 Å². The molecule has 1 aromatic carbocycles. The second-order valence-electron chi connectivity index (χ2n) is 5.53. The van der Waals surface area contributed by atoms with Crippen LogP contribution < -0.4 is 4.90 Å². The maximum Gasteiger partial charge on any atom is 0.355 e. The van der Waals surface area contributed by atoms with Gasteiger partial charge in [0.1, 0.15) is 5.70 Å². The maximum atomic E-state index is 12.6. The molecule has 1 aromatic rings. The summed E-state index contributed by atoms with van der Waals surface area (Å²) in [5.74, 6) is -3.03. The summed E-state index contributed by atoms with van der Waals surface area (Å²) in [5, 5.41) is 0. The Balaban J connectivity index is 2.83. The molecule has 0 fully saturated rings. The van der Waals surface area contributed by atoms with E-state index in [1.54, 1.807) is 0 Å². The smallest absolute Gasteiger partial charge is 0.355 e. The van der Waals surface area contributed by atoms with Crippen LogP contribution in [0, 0.1) is 0 Å². The molecular formula is C20H19NO8. The number of nitrogens with zero attached hydrogens (tertiary/aromatic N) is 1. The van der Waals surface area contributed by atoms with Crippen LogP contribution in [-0.4, -0.2) is 52.3 Å². The van der Waals surface area contributed by atoms with Crippen LogP contribution in [0.3, 0.4) is 0 Å². The van der Waals surface area contributed by atoms with E-state index in [0.717, 1.165) is 7.11 Å². The van der Waals surface area contributed by atoms with Crippen molar-refractivity contribution in [2.45, 2.75) is 0 Å². The number of allylic oxidation sites excluding steroid dienone is 2. The third-order valence-electron chi connectivity index (χ3n) is 3.97. The van der Waals surface area contributed by atoms with Crippen LogP contribution >= 0.6 is 0 Å². The van der Waals surface area contributed by atoms with E-state index in [9.17, 15) is 19.2 Å². The highest BCUT2D eigenvalue weighted by atomic mass is 16.5. The van der Waals surface area contributed by atoms with Gasteiger partial charge < -0.3 is 23.8 Å². The number of carbonyl (C=O) groups excluding carboxylic acids is 4. The van der Waals surface area contributed by atoms with Crippen molar-refractivity contribution in [2.24, 2.45) is 0 Å². The van der Waals surface area contributed by atoms with Gasteiger partial charge in [-0.3, -0.25) is 0 Å². The van der Waals surface area contributed by atoms with Gasteiger partial charge in [-0.15, -0.1) is 0 Å². The zero-order chi connectivity index (χ0) is 21.6. The lowest BCUT2D eigenvalue weighted by atomic mass is 10.1. The monoisotopic (exact) mass is 401 g/mol. The fourth-order valence-electron chi connectivity index (χ4n) is 2.61. The van der Waals surface area contributed by atoms with Gasteiger partial charge in [0.2, 0.25) is 0 Å². The van der Waals surface area contributed by atoms with E-state index in [-0.39, 0.29) is 28.1 Å². The third-order valence-corrected chi connectivity index (χ3v) is 3.97. The zero-order valence-electron chi connectivity index (χ0n) is 16.3. The number of methoxy groups -OCH3 is 4. The highest BCUT2D eigenvalue weighted by Gasteiger charge is 2.30. The van der Waals surface area contributed by atoms with Crippen molar-refractivity contribution in [3.05, 3.63) is 65.0 Å². The summed E-state index contributed by atoms with van der Waals surface area (Å²) in [7, 11) is 4.71. The molecule has 0 spiro atoms. The largest absolute Gasteiger partial charge is 0.465 e. The molecule has 0 saturated heterocycles. The predicted molar refractivity (Wildman–Crippen MR) is 101 cm³/mol. The highest BCUT2D eigenvalue weighted by molar-refractivity contribution is 6.07. The molecule has 152 valence electrons. The molecule has 0 amide bonds. The Morgan fingerprint density at radius 1 is 0.759 bits per heavy atom. The Kier molecular flexibility index (Phi) is 6.91. The fraction of sp³-hybridized carbons (Fsp3) is 0.200. The van der Waals surface area contributed by atoms with Crippen LogP contribution in [0.5, 0.6) is 0 Å². The molecule has 2 rings (SSSR count). The van der Waals surface area contributed by atoms with E-state index in [1.165, 1.54) is 68.9 Å². The first kappa shape index (κ1) is 21.4. The van der Waals surface area contributed by atoms with Gasteiger partial charge in [-0.1, -0.05) is 6.08 Å². The molecular weight excluding hydrogens is 382 g/mol. The minimum absolute atomic E-state index is 0.0392. The lowest BCUT2D eigenvalue weighted by Gasteiger charge is -2.25. The molecule has 0 saturated carbocycles. The van der Waals surface area contributed by atoms with Crippen LogP contribution in [0.2, 0.25) is 0 Å². The van der Waals surface area contributed by atoms with E-state index >= 15 is 0 Å². The molecule has 0 N–H and O–H groups in total. The van der Waals surface area contributed by atoms with Gasteiger partial charge in [0.15, 0.2) is 0 Å². The number of esters is 4. The molecule has 0 bridgehead atoms. The summed E-state index contributed by atoms with van der Waals surface area (Å²) in [6.07, 6.45) is 5.85. The van der Waals surface area contributed by atoms with Crippen LogP contribution in [0.25, 0.3) is 0 Å². The summed E-state index contributed by atoms with van der Waals surface area (Å²) >= 11 is 0. The van der Waals surface area contributed by atoms with Crippen molar-refractivity contribution in [3.8, 4) is 0 Å². The molecule has 9 nitrogen and oxygen atoms in total. The second kappa shape index (κ2) is 9.36. The van der Waals surface area contributed by atoms with Gasteiger partial charge in [-0.2, -0.15) is 0 Å². The maximum absolute atomic E-state index is 12.6. The van der Waals surface area contributed by atoms with E-state index < -0.39 is 23.9 Å². The fourth-order valence-corrected chi connectivity index (χ4v) is 2.61. The number of hydrogen-bond donors (Lipinski definition) is 0. The Hall–Kier alpha value is -3.88. The van der Waals surface area contributed by atoms with Crippen molar-refractivity contribution >= 4 is 29.6 Å². The SMILES string of the molecule is COC(=O)C1=C(C(=O)OC)N(c2cc(C(=O)OC)ccc2C(=O)OC)C=CC=C1. The van der Waals surface area contributed by atoms with Crippen molar-refractivity contribution in [2.75, 3.05) is 33.3 Å². The molecule has 0 unspecified atom stereocenters. The lowest BCUT2D eigenvalue weighted by Crippen LogP contribution is -2.28. The molecule has 1 aliphatic rings. The second-order valence-corrected chi connectivity index (χ2v) is 5.53. The molecule has 9 heteroatoms. The van der Waals surface area contributed by atoms with Crippen molar-refractivity contribution < 1.29 is 38.1 Å². The summed E-state index contributed by atoms with van der Waals surface area (Å²) in [5.41, 5.74) is -0.0661. The minimum atomic E-state index is -0.860. The van der Waals surface area contributed by atoms with E-state index in [0.29, 0.717) is 0 Å². The molecule has 0 radical (unpaired) electrons. The highest BCUT2D eigenvalue weighted by Crippen LogP contribution is 2.31. The Morgan fingerprint density at radius 2 is 1.38 bits per heavy atom. The van der Waals surface area contributed by atoms with Crippen LogP contribution in [0.1, 0.15) is 20.7 Å². The number of benzene rings is 1. The quantitative estimate of drug-likeness (QED) is 0.538. The van der Waals surface area contributed by atoms with E-state index in [1.807, 2.05) is 0 Å². The average Bonchev–Trinajstić information content (AvgIpc) is 2.99. The first-order chi connectivity index (χ1) is 13.9. The Bertz CT molecular complexity index is 942. The van der Waals surface area contributed by atoms with E-state index in [2.05, 4.69) is 0 Å². The molecule has 1 heterocycles. The first-order valence-corrected chi connectivity index (χ1v) is 8.25. The summed E-state index contributed by atoms with van der Waals surface area (Å²) < 4.78 is 19.1. The van der Waals surface area contributed by atoms with Crippen molar-refractivity contribution in [1.82, 2.24) is 0 Å². The van der Waals surface area contributed by atoms with Gasteiger partial charge in [-0.05, 0) is 30.4 Å². The molecule has 0 aromatic heterocycles. The molecule has 0 aliphatic carbocycles. The standard InChI is InChI=1S/C20H19NO8/c1-26-17(22)12-8-9-13(18(23)27-2)15(11-12)21-10-6-5-7-14(19(24)28-3)16(21)20(25)29-4/h5-11H,1-4H3. The molecule has 1 aliphatic heterocycles. The topological polar surface area (TPSA) is 108 Å². The summed E-state index contributed by atoms with van der Waals surface area (Å²) in [4.78, 5) is 50.4. The number of anilines is 1. The number of carbonyl (C=O) groups is 4. The van der Waals surface area contributed by atoms with Gasteiger partial charge in [0.05, 0.1) is 50.8 Å². The Labute approximate surface area is 166 Å². The van der Waals surface area contributed by atoms with Gasteiger partial charge in [0.25, 0.3) is 0 Å². The van der Waals surface area contributed by atoms with Crippen molar-refractivity contribution in [3.63, 3.8) is 0 Å². The van der Waals surface area contributed by atoms with Crippen LogP contribution in [0.15, 0.2) is 53.9 Å². The summed E-state index contributed by atoms with van der Waals surface area (Å²) in [6, 6.07) is 4.07. The van der Waals surface area contributed by atoms with Gasteiger partial charge in [-0.25, -0.2) is 19.2 Å². The van der Waals surface area contributed by atoms with E-state index in [4.69, 9.17) is 18.9 Å². The van der Waals surface area contributed by atoms with Gasteiger partial charge >= 0.3 is 23.9 Å². The number of rotatable bonds is 5. The number of hydrogen-bond acceptors (Lipinski definition) is 9. The van der Waals surface area contributed by atoms with Crippen molar-refractivity contribution in [1.29, 1.82) is 0 Å². The third kappa shape index (κ3) is 4.34.